The molecule has 152 valence electrons. The quantitative estimate of drug-likeness (QED) is 0.719. The third-order valence-corrected chi connectivity index (χ3v) is 6.17. The molecule has 0 aliphatic heterocycles. The van der Waals surface area contributed by atoms with Crippen molar-refractivity contribution in [1.29, 1.82) is 0 Å². The number of carbonyl (C=O) groups is 2. The van der Waals surface area contributed by atoms with Crippen molar-refractivity contribution < 1.29 is 23.2 Å². The topological polar surface area (TPSA) is 93.5 Å². The molecule has 0 radical (unpaired) electrons. The average Bonchev–Trinajstić information content (AvgIpc) is 3.36. The largest absolute Gasteiger partial charge is 0.484 e. The number of halogens is 2. The van der Waals surface area contributed by atoms with Crippen LogP contribution in [0.2, 0.25) is 5.02 Å². The van der Waals surface area contributed by atoms with Crippen LogP contribution in [0.15, 0.2) is 28.9 Å². The Labute approximate surface area is 170 Å². The van der Waals surface area contributed by atoms with Crippen LogP contribution in [-0.4, -0.2) is 34.7 Å². The Morgan fingerprint density at radius 2 is 1.97 bits per heavy atom. The fourth-order valence-electron chi connectivity index (χ4n) is 4.47. The molecule has 4 aliphatic rings. The average molecular weight is 420 g/mol. The molecular formula is C20H19ClFN3O4. The lowest BCUT2D eigenvalue weighted by atomic mass is 9.44. The van der Waals surface area contributed by atoms with E-state index >= 15 is 0 Å². The molecule has 2 N–H and O–H groups in total. The zero-order valence-corrected chi connectivity index (χ0v) is 16.2. The molecule has 2 amide bonds. The van der Waals surface area contributed by atoms with Gasteiger partial charge >= 0.3 is 0 Å². The van der Waals surface area contributed by atoms with Gasteiger partial charge in [-0.05, 0) is 44.2 Å². The lowest BCUT2D eigenvalue weighted by Crippen LogP contribution is -2.84. The summed E-state index contributed by atoms with van der Waals surface area (Å²) < 4.78 is 24.0. The van der Waals surface area contributed by atoms with Gasteiger partial charge in [-0.15, -0.1) is 0 Å². The zero-order valence-electron chi connectivity index (χ0n) is 15.5. The molecule has 9 heteroatoms. The van der Waals surface area contributed by atoms with Gasteiger partial charge in [-0.1, -0.05) is 16.8 Å². The van der Waals surface area contributed by atoms with Crippen LogP contribution in [-0.2, 0) is 4.79 Å². The van der Waals surface area contributed by atoms with Crippen LogP contribution in [0.1, 0.15) is 54.1 Å². The zero-order chi connectivity index (χ0) is 20.2. The van der Waals surface area contributed by atoms with E-state index in [0.717, 1.165) is 18.9 Å². The monoisotopic (exact) mass is 419 g/mol. The summed E-state index contributed by atoms with van der Waals surface area (Å²) in [5.74, 6) is 0.178. The molecule has 2 aromatic rings. The molecule has 4 aliphatic carbocycles. The van der Waals surface area contributed by atoms with E-state index in [1.54, 1.807) is 0 Å². The minimum atomic E-state index is -0.598. The predicted octanol–water partition coefficient (Wildman–Crippen LogP) is 2.94. The molecule has 4 saturated carbocycles. The molecule has 29 heavy (non-hydrogen) atoms. The maximum Gasteiger partial charge on any atom is 0.258 e. The first-order valence-corrected chi connectivity index (χ1v) is 9.91. The fourth-order valence-corrected chi connectivity index (χ4v) is 4.59. The van der Waals surface area contributed by atoms with Crippen LogP contribution < -0.4 is 15.4 Å². The van der Waals surface area contributed by atoms with Gasteiger partial charge in [0, 0.05) is 23.1 Å². The van der Waals surface area contributed by atoms with Crippen molar-refractivity contribution >= 4 is 23.4 Å². The number of nitrogens with one attached hydrogen (secondary N) is 2. The van der Waals surface area contributed by atoms with Gasteiger partial charge in [0.1, 0.15) is 17.1 Å². The summed E-state index contributed by atoms with van der Waals surface area (Å²) >= 11 is 5.62. The van der Waals surface area contributed by atoms with Gasteiger partial charge in [-0.3, -0.25) is 9.59 Å². The van der Waals surface area contributed by atoms with Gasteiger partial charge in [-0.25, -0.2) is 4.39 Å². The molecule has 7 nitrogen and oxygen atoms in total. The number of benzene rings is 1. The van der Waals surface area contributed by atoms with Crippen LogP contribution >= 0.6 is 11.6 Å². The summed E-state index contributed by atoms with van der Waals surface area (Å²) in [6.45, 7) is -0.215. The third kappa shape index (κ3) is 3.35. The van der Waals surface area contributed by atoms with E-state index in [2.05, 4.69) is 15.8 Å². The minimum absolute atomic E-state index is 0.00142. The normalized spacial score (nSPS) is 26.8. The first kappa shape index (κ1) is 18.4. The van der Waals surface area contributed by atoms with Crippen LogP contribution in [0, 0.1) is 5.82 Å². The number of amides is 2. The predicted molar refractivity (Wildman–Crippen MR) is 100 cm³/mol. The number of ether oxygens (including phenoxy) is 1. The summed E-state index contributed by atoms with van der Waals surface area (Å²) in [6, 6.07) is 4.02. The van der Waals surface area contributed by atoms with Crippen molar-refractivity contribution in [2.45, 2.75) is 49.1 Å². The SMILES string of the molecule is O=C(COc1ccc(Cl)c(F)c1)NC12CC(NC(=O)c3cnoc3C3CC3)(C1)C2. The molecule has 2 bridgehead atoms. The highest BCUT2D eigenvalue weighted by atomic mass is 35.5. The van der Waals surface area contributed by atoms with E-state index in [4.69, 9.17) is 20.9 Å². The Hall–Kier alpha value is -2.61. The summed E-state index contributed by atoms with van der Waals surface area (Å²) in [4.78, 5) is 24.7. The maximum atomic E-state index is 13.4. The van der Waals surface area contributed by atoms with Crippen LogP contribution in [0.5, 0.6) is 5.75 Å². The lowest BCUT2D eigenvalue weighted by molar-refractivity contribution is -0.141. The first-order valence-electron chi connectivity index (χ1n) is 9.53. The van der Waals surface area contributed by atoms with Crippen LogP contribution in [0.3, 0.4) is 0 Å². The highest BCUT2D eigenvalue weighted by Gasteiger charge is 2.69. The Balaban J connectivity index is 1.10. The molecule has 4 fully saturated rings. The van der Waals surface area contributed by atoms with E-state index in [9.17, 15) is 14.0 Å². The van der Waals surface area contributed by atoms with Gasteiger partial charge in [0.25, 0.3) is 11.8 Å². The highest BCUT2D eigenvalue weighted by molar-refractivity contribution is 6.30. The van der Waals surface area contributed by atoms with Gasteiger partial charge in [0.05, 0.1) is 11.2 Å². The van der Waals surface area contributed by atoms with E-state index in [0.29, 0.717) is 36.5 Å². The Morgan fingerprint density at radius 1 is 1.24 bits per heavy atom. The summed E-state index contributed by atoms with van der Waals surface area (Å²) in [5.41, 5.74) is -0.0610. The molecule has 0 saturated heterocycles. The molecule has 0 spiro atoms. The molecule has 1 heterocycles. The van der Waals surface area contributed by atoms with E-state index in [1.165, 1.54) is 18.3 Å². The second-order valence-electron chi connectivity index (χ2n) is 8.34. The molecule has 0 atom stereocenters. The number of rotatable bonds is 7. The number of carbonyl (C=O) groups excluding carboxylic acids is 2. The van der Waals surface area contributed by atoms with Crippen LogP contribution in [0.4, 0.5) is 4.39 Å². The Kier molecular flexibility index (Phi) is 4.10. The van der Waals surface area contributed by atoms with E-state index in [-0.39, 0.29) is 40.3 Å². The second-order valence-corrected chi connectivity index (χ2v) is 8.74. The Bertz CT molecular complexity index is 984. The lowest BCUT2D eigenvalue weighted by Gasteiger charge is -2.70. The maximum absolute atomic E-state index is 13.4. The van der Waals surface area contributed by atoms with Crippen molar-refractivity contribution in [3.8, 4) is 5.75 Å². The van der Waals surface area contributed by atoms with Crippen molar-refractivity contribution in [3.63, 3.8) is 0 Å². The highest BCUT2D eigenvalue weighted by Crippen LogP contribution is 2.60. The number of aromatic nitrogens is 1. The second kappa shape index (κ2) is 6.45. The van der Waals surface area contributed by atoms with Gasteiger partial charge < -0.3 is 19.9 Å². The van der Waals surface area contributed by atoms with Crippen molar-refractivity contribution in [2.75, 3.05) is 6.61 Å². The van der Waals surface area contributed by atoms with Crippen molar-refractivity contribution in [3.05, 3.63) is 46.6 Å². The van der Waals surface area contributed by atoms with Crippen molar-refractivity contribution in [2.24, 2.45) is 0 Å². The third-order valence-electron chi connectivity index (χ3n) is 5.87. The number of hydrogen-bond donors (Lipinski definition) is 2. The van der Waals surface area contributed by atoms with Crippen molar-refractivity contribution in [1.82, 2.24) is 15.8 Å². The van der Waals surface area contributed by atoms with Gasteiger partial charge in [0.15, 0.2) is 12.4 Å². The first-order chi connectivity index (χ1) is 13.9. The fraction of sp³-hybridized carbons (Fsp3) is 0.450. The molecule has 1 aromatic carbocycles. The van der Waals surface area contributed by atoms with E-state index in [1.807, 2.05) is 0 Å². The summed E-state index contributed by atoms with van der Waals surface area (Å²) in [5, 5.41) is 9.80. The molecule has 0 unspecified atom stereocenters. The molecule has 6 rings (SSSR count). The van der Waals surface area contributed by atoms with E-state index < -0.39 is 5.82 Å². The number of nitrogens with zero attached hydrogens (tertiary/aromatic N) is 1. The summed E-state index contributed by atoms with van der Waals surface area (Å²) in [7, 11) is 0. The smallest absolute Gasteiger partial charge is 0.258 e. The summed E-state index contributed by atoms with van der Waals surface area (Å²) in [6.07, 6.45) is 5.56. The van der Waals surface area contributed by atoms with Gasteiger partial charge in [-0.2, -0.15) is 0 Å². The minimum Gasteiger partial charge on any atom is -0.484 e. The molecule has 1 aromatic heterocycles. The Morgan fingerprint density at radius 3 is 2.66 bits per heavy atom. The standard InChI is InChI=1S/C20H19ClFN3O4/c21-14-4-3-12(5-15(14)22)28-7-16(26)24-19-8-20(9-19,10-19)25-18(27)13-6-23-29-17(13)11-1-2-11/h3-6,11H,1-2,7-10H2,(H,24,26)(H,25,27). The van der Waals surface area contributed by atoms with Crippen LogP contribution in [0.25, 0.3) is 0 Å². The molecular weight excluding hydrogens is 401 g/mol. The number of hydrogen-bond acceptors (Lipinski definition) is 5. The van der Waals surface area contributed by atoms with Gasteiger partial charge in [0.2, 0.25) is 0 Å².